The average Bonchev–Trinajstić information content (AvgIpc) is 2.39. The SMILES string of the molecule is CCC(CN)C(=O)Nc1cc(CN(C)C)ccc1OC. The summed E-state index contributed by atoms with van der Waals surface area (Å²) < 4.78 is 5.29. The maximum atomic E-state index is 12.1. The second kappa shape index (κ2) is 7.87. The molecule has 0 aromatic heterocycles. The molecule has 1 unspecified atom stereocenters. The lowest BCUT2D eigenvalue weighted by Gasteiger charge is -2.17. The number of nitrogens with one attached hydrogen (secondary N) is 1. The number of ether oxygens (including phenoxy) is 1. The third kappa shape index (κ3) is 4.51. The molecule has 0 aliphatic carbocycles. The van der Waals surface area contributed by atoms with E-state index in [2.05, 4.69) is 10.2 Å². The van der Waals surface area contributed by atoms with E-state index in [0.29, 0.717) is 18.0 Å². The number of carbonyl (C=O) groups is 1. The molecule has 0 saturated carbocycles. The van der Waals surface area contributed by atoms with E-state index in [4.69, 9.17) is 10.5 Å². The number of nitrogens with zero attached hydrogens (tertiary/aromatic N) is 1. The number of nitrogens with two attached hydrogens (primary N) is 1. The van der Waals surface area contributed by atoms with Crippen LogP contribution in [0.5, 0.6) is 5.75 Å². The molecule has 1 aromatic carbocycles. The first-order valence-corrected chi connectivity index (χ1v) is 6.84. The summed E-state index contributed by atoms with van der Waals surface area (Å²) in [5, 5.41) is 2.91. The number of hydrogen-bond donors (Lipinski definition) is 2. The summed E-state index contributed by atoms with van der Waals surface area (Å²) in [6.45, 7) is 3.11. The van der Waals surface area contributed by atoms with Gasteiger partial charge in [0.15, 0.2) is 0 Å². The number of benzene rings is 1. The first-order chi connectivity index (χ1) is 9.51. The third-order valence-electron chi connectivity index (χ3n) is 3.17. The Morgan fingerprint density at radius 2 is 2.15 bits per heavy atom. The topological polar surface area (TPSA) is 67.6 Å². The van der Waals surface area contributed by atoms with E-state index < -0.39 is 0 Å². The summed E-state index contributed by atoms with van der Waals surface area (Å²) in [7, 11) is 5.60. The molecule has 0 fully saturated rings. The van der Waals surface area contributed by atoms with Crippen LogP contribution < -0.4 is 15.8 Å². The molecule has 0 aliphatic rings. The Bertz CT molecular complexity index is 443. The van der Waals surface area contributed by atoms with Crippen LogP contribution in [-0.4, -0.2) is 38.6 Å². The molecule has 0 saturated heterocycles. The molecule has 1 rings (SSSR count). The number of carbonyl (C=O) groups excluding carboxylic acids is 1. The van der Waals surface area contributed by atoms with Gasteiger partial charge in [0.05, 0.1) is 18.7 Å². The van der Waals surface area contributed by atoms with E-state index in [0.717, 1.165) is 18.5 Å². The summed E-state index contributed by atoms with van der Waals surface area (Å²) in [5.41, 5.74) is 7.42. The van der Waals surface area contributed by atoms with Crippen molar-refractivity contribution < 1.29 is 9.53 Å². The molecule has 20 heavy (non-hydrogen) atoms. The number of hydrogen-bond acceptors (Lipinski definition) is 4. The molecule has 0 aliphatic heterocycles. The van der Waals surface area contributed by atoms with Crippen molar-refractivity contribution >= 4 is 11.6 Å². The van der Waals surface area contributed by atoms with Crippen molar-refractivity contribution in [1.29, 1.82) is 0 Å². The molecule has 0 bridgehead atoms. The smallest absolute Gasteiger partial charge is 0.228 e. The largest absolute Gasteiger partial charge is 0.495 e. The minimum atomic E-state index is -0.169. The molecule has 0 heterocycles. The van der Waals surface area contributed by atoms with Gasteiger partial charge in [-0.25, -0.2) is 0 Å². The van der Waals surface area contributed by atoms with Crippen molar-refractivity contribution in [3.05, 3.63) is 23.8 Å². The summed E-state index contributed by atoms with van der Waals surface area (Å²) in [5.74, 6) is 0.431. The number of rotatable bonds is 7. The summed E-state index contributed by atoms with van der Waals surface area (Å²) in [6.07, 6.45) is 0.724. The van der Waals surface area contributed by atoms with E-state index in [9.17, 15) is 4.79 Å². The van der Waals surface area contributed by atoms with Crippen LogP contribution in [0.25, 0.3) is 0 Å². The standard InChI is InChI=1S/C15H25N3O2/c1-5-12(9-16)15(19)17-13-8-11(10-18(2)3)6-7-14(13)20-4/h6-8,12H,5,9-10,16H2,1-4H3,(H,17,19). The molecule has 5 heteroatoms. The van der Waals surface area contributed by atoms with Crippen LogP contribution in [0.3, 0.4) is 0 Å². The van der Waals surface area contributed by atoms with Gasteiger partial charge in [-0.3, -0.25) is 4.79 Å². The Morgan fingerprint density at radius 1 is 1.45 bits per heavy atom. The highest BCUT2D eigenvalue weighted by Gasteiger charge is 2.16. The Kier molecular flexibility index (Phi) is 6.48. The highest BCUT2D eigenvalue weighted by molar-refractivity contribution is 5.94. The Morgan fingerprint density at radius 3 is 2.65 bits per heavy atom. The van der Waals surface area contributed by atoms with E-state index in [1.807, 2.05) is 39.2 Å². The normalized spacial score (nSPS) is 12.3. The van der Waals surface area contributed by atoms with Crippen LogP contribution in [-0.2, 0) is 11.3 Å². The van der Waals surface area contributed by atoms with Crippen molar-refractivity contribution in [1.82, 2.24) is 4.90 Å². The fraction of sp³-hybridized carbons (Fsp3) is 0.533. The second-order valence-electron chi connectivity index (χ2n) is 5.10. The number of anilines is 1. The molecule has 0 spiro atoms. The Labute approximate surface area is 121 Å². The molecule has 0 radical (unpaired) electrons. The minimum absolute atomic E-state index is 0.0599. The van der Waals surface area contributed by atoms with Crippen molar-refractivity contribution in [2.24, 2.45) is 11.7 Å². The molecular weight excluding hydrogens is 254 g/mol. The van der Waals surface area contributed by atoms with Crippen LogP contribution >= 0.6 is 0 Å². The molecular formula is C15H25N3O2. The van der Waals surface area contributed by atoms with Gasteiger partial charge in [0.1, 0.15) is 5.75 Å². The maximum absolute atomic E-state index is 12.1. The number of amides is 1. The second-order valence-corrected chi connectivity index (χ2v) is 5.10. The van der Waals surface area contributed by atoms with Gasteiger partial charge < -0.3 is 20.7 Å². The van der Waals surface area contributed by atoms with Crippen molar-refractivity contribution in [3.8, 4) is 5.75 Å². The average molecular weight is 279 g/mol. The van der Waals surface area contributed by atoms with Crippen molar-refractivity contribution in [3.63, 3.8) is 0 Å². The monoisotopic (exact) mass is 279 g/mol. The predicted molar refractivity (Wildman–Crippen MR) is 81.9 cm³/mol. The van der Waals surface area contributed by atoms with Gasteiger partial charge in [-0.15, -0.1) is 0 Å². The highest BCUT2D eigenvalue weighted by Crippen LogP contribution is 2.26. The lowest BCUT2D eigenvalue weighted by Crippen LogP contribution is -2.28. The summed E-state index contributed by atoms with van der Waals surface area (Å²) >= 11 is 0. The van der Waals surface area contributed by atoms with Gasteiger partial charge >= 0.3 is 0 Å². The summed E-state index contributed by atoms with van der Waals surface area (Å²) in [4.78, 5) is 14.2. The molecule has 5 nitrogen and oxygen atoms in total. The van der Waals surface area contributed by atoms with Crippen molar-refractivity contribution in [2.75, 3.05) is 33.1 Å². The Balaban J connectivity index is 2.93. The van der Waals surface area contributed by atoms with Crippen LogP contribution in [0.2, 0.25) is 0 Å². The van der Waals surface area contributed by atoms with E-state index in [1.165, 1.54) is 0 Å². The van der Waals surface area contributed by atoms with Gasteiger partial charge in [0, 0.05) is 13.1 Å². The van der Waals surface area contributed by atoms with Gasteiger partial charge in [0.2, 0.25) is 5.91 Å². The number of methoxy groups -OCH3 is 1. The van der Waals surface area contributed by atoms with Crippen molar-refractivity contribution in [2.45, 2.75) is 19.9 Å². The lowest BCUT2D eigenvalue weighted by atomic mass is 10.1. The van der Waals surface area contributed by atoms with Crippen LogP contribution in [0.1, 0.15) is 18.9 Å². The fourth-order valence-corrected chi connectivity index (χ4v) is 2.01. The van der Waals surface area contributed by atoms with Gasteiger partial charge in [-0.1, -0.05) is 13.0 Å². The van der Waals surface area contributed by atoms with Crippen LogP contribution in [0, 0.1) is 5.92 Å². The molecule has 1 aromatic rings. The van der Waals surface area contributed by atoms with Gasteiger partial charge in [-0.2, -0.15) is 0 Å². The lowest BCUT2D eigenvalue weighted by molar-refractivity contribution is -0.119. The quantitative estimate of drug-likeness (QED) is 0.797. The van der Waals surface area contributed by atoms with E-state index in [1.54, 1.807) is 7.11 Å². The molecule has 1 amide bonds. The highest BCUT2D eigenvalue weighted by atomic mass is 16.5. The van der Waals surface area contributed by atoms with Crippen LogP contribution in [0.4, 0.5) is 5.69 Å². The first-order valence-electron chi connectivity index (χ1n) is 6.84. The van der Waals surface area contributed by atoms with E-state index in [-0.39, 0.29) is 11.8 Å². The minimum Gasteiger partial charge on any atom is -0.495 e. The van der Waals surface area contributed by atoms with Gasteiger partial charge in [-0.05, 0) is 38.2 Å². The predicted octanol–water partition coefficient (Wildman–Crippen LogP) is 1.68. The zero-order chi connectivity index (χ0) is 15.1. The van der Waals surface area contributed by atoms with E-state index >= 15 is 0 Å². The maximum Gasteiger partial charge on any atom is 0.228 e. The zero-order valence-electron chi connectivity index (χ0n) is 12.8. The third-order valence-corrected chi connectivity index (χ3v) is 3.17. The molecule has 3 N–H and O–H groups in total. The Hall–Kier alpha value is -1.59. The van der Waals surface area contributed by atoms with Gasteiger partial charge in [0.25, 0.3) is 0 Å². The fourth-order valence-electron chi connectivity index (χ4n) is 2.01. The molecule has 112 valence electrons. The van der Waals surface area contributed by atoms with Crippen LogP contribution in [0.15, 0.2) is 18.2 Å². The summed E-state index contributed by atoms with van der Waals surface area (Å²) in [6, 6.07) is 5.81. The zero-order valence-corrected chi connectivity index (χ0v) is 12.8. The first kappa shape index (κ1) is 16.5. The molecule has 1 atom stereocenters.